The molecule has 0 bridgehead atoms. The summed E-state index contributed by atoms with van der Waals surface area (Å²) < 4.78 is 0. The van der Waals surface area contributed by atoms with Gasteiger partial charge in [0.1, 0.15) is 6.04 Å². The highest BCUT2D eigenvalue weighted by atomic mass is 16.2. The zero-order chi connectivity index (χ0) is 22.1. The molecule has 0 saturated carbocycles. The van der Waals surface area contributed by atoms with Gasteiger partial charge in [0.15, 0.2) is 0 Å². The molecule has 3 heterocycles. The number of amides is 3. The van der Waals surface area contributed by atoms with E-state index in [2.05, 4.69) is 25.7 Å². The first-order chi connectivity index (χ1) is 14.7. The molecule has 6 nitrogen and oxygen atoms in total. The van der Waals surface area contributed by atoms with Crippen molar-refractivity contribution in [3.05, 3.63) is 66.2 Å². The maximum absolute atomic E-state index is 13.7. The van der Waals surface area contributed by atoms with E-state index in [4.69, 9.17) is 0 Å². The molecule has 6 heteroatoms. The van der Waals surface area contributed by atoms with Crippen molar-refractivity contribution in [2.45, 2.75) is 39.0 Å². The Morgan fingerprint density at radius 1 is 0.710 bits per heavy atom. The number of hydrogen-bond donors (Lipinski definition) is 0. The molecule has 3 aliphatic heterocycles. The molecule has 2 aromatic rings. The Kier molecular flexibility index (Phi) is 4.35. The molecule has 5 rings (SSSR count). The minimum atomic E-state index is -0.680. The average Bonchev–Trinajstić information content (AvgIpc) is 3.30. The van der Waals surface area contributed by atoms with Gasteiger partial charge in [-0.3, -0.25) is 19.3 Å². The van der Waals surface area contributed by atoms with Crippen LogP contribution in [0.25, 0.3) is 0 Å². The fourth-order valence-corrected chi connectivity index (χ4v) is 5.92. The number of nitrogens with zero attached hydrogens (tertiary/aromatic N) is 3. The first-order valence-electron chi connectivity index (χ1n) is 10.8. The highest BCUT2D eigenvalue weighted by molar-refractivity contribution is 6.24. The number of anilines is 1. The molecule has 160 valence electrons. The predicted octanol–water partition coefficient (Wildman–Crippen LogP) is 3.06. The number of carbonyl (C=O) groups is 3. The van der Waals surface area contributed by atoms with Crippen LogP contribution in [0.2, 0.25) is 0 Å². The molecule has 0 aliphatic carbocycles. The van der Waals surface area contributed by atoms with Crippen LogP contribution in [0.1, 0.15) is 32.4 Å². The van der Waals surface area contributed by atoms with Crippen molar-refractivity contribution in [3.63, 3.8) is 0 Å². The van der Waals surface area contributed by atoms with Crippen LogP contribution < -0.4 is 4.90 Å². The van der Waals surface area contributed by atoms with E-state index in [0.717, 1.165) is 5.56 Å². The van der Waals surface area contributed by atoms with Crippen molar-refractivity contribution < 1.29 is 14.4 Å². The Morgan fingerprint density at radius 3 is 1.77 bits per heavy atom. The number of para-hydroxylation sites is 1. The molecular weight excluding hydrogens is 390 g/mol. The van der Waals surface area contributed by atoms with Crippen LogP contribution in [0, 0.1) is 17.3 Å². The molecule has 0 spiro atoms. The van der Waals surface area contributed by atoms with E-state index < -0.39 is 17.9 Å². The quantitative estimate of drug-likeness (QED) is 0.705. The summed E-state index contributed by atoms with van der Waals surface area (Å²) in [6.45, 7) is 6.29. The van der Waals surface area contributed by atoms with Gasteiger partial charge in [-0.1, -0.05) is 69.3 Å². The summed E-state index contributed by atoms with van der Waals surface area (Å²) in [4.78, 5) is 46.0. The summed E-state index contributed by atoms with van der Waals surface area (Å²) in [6, 6.07) is 17.9. The van der Waals surface area contributed by atoms with Crippen LogP contribution in [0.15, 0.2) is 60.7 Å². The zero-order valence-electron chi connectivity index (χ0n) is 18.2. The first kappa shape index (κ1) is 19.9. The molecule has 0 N–H and O–H groups in total. The van der Waals surface area contributed by atoms with Crippen LogP contribution in [0.4, 0.5) is 5.69 Å². The molecule has 3 aliphatic rings. The van der Waals surface area contributed by atoms with E-state index in [1.54, 1.807) is 17.0 Å². The Bertz CT molecular complexity index is 1050. The predicted molar refractivity (Wildman–Crippen MR) is 117 cm³/mol. The Labute approximate surface area is 182 Å². The van der Waals surface area contributed by atoms with E-state index >= 15 is 0 Å². The molecule has 3 amide bonds. The number of hydrogen-bond acceptors (Lipinski definition) is 4. The number of imide groups is 1. The van der Waals surface area contributed by atoms with E-state index in [1.165, 1.54) is 4.90 Å². The fourth-order valence-electron chi connectivity index (χ4n) is 5.92. The number of carbonyl (C=O) groups excluding carboxylic acids is 3. The minimum Gasteiger partial charge on any atom is -0.328 e. The van der Waals surface area contributed by atoms with Crippen molar-refractivity contribution in [1.29, 1.82) is 0 Å². The Hall–Kier alpha value is -2.99. The Balaban J connectivity index is 1.68. The lowest BCUT2D eigenvalue weighted by atomic mass is 9.85. The van der Waals surface area contributed by atoms with Gasteiger partial charge < -0.3 is 4.90 Å². The second-order valence-electron chi connectivity index (χ2n) is 9.84. The second-order valence-corrected chi connectivity index (χ2v) is 9.84. The van der Waals surface area contributed by atoms with Crippen LogP contribution >= 0.6 is 0 Å². The normalized spacial score (nSPS) is 30.8. The van der Waals surface area contributed by atoms with Gasteiger partial charge in [-0.15, -0.1) is 0 Å². The lowest BCUT2D eigenvalue weighted by molar-refractivity contribution is -0.133. The maximum Gasteiger partial charge on any atom is 0.241 e. The van der Waals surface area contributed by atoms with Gasteiger partial charge in [0.25, 0.3) is 0 Å². The van der Waals surface area contributed by atoms with Gasteiger partial charge in [-0.05, 0) is 23.1 Å². The van der Waals surface area contributed by atoms with Crippen LogP contribution in [0.5, 0.6) is 0 Å². The zero-order valence-corrected chi connectivity index (χ0v) is 18.2. The third-order valence-corrected chi connectivity index (χ3v) is 6.90. The molecule has 2 aromatic carbocycles. The molecule has 5 atom stereocenters. The second kappa shape index (κ2) is 6.76. The van der Waals surface area contributed by atoms with Gasteiger partial charge >= 0.3 is 0 Å². The van der Waals surface area contributed by atoms with Crippen LogP contribution in [-0.2, 0) is 14.4 Å². The molecule has 3 fully saturated rings. The van der Waals surface area contributed by atoms with Crippen LogP contribution in [0.3, 0.4) is 0 Å². The Morgan fingerprint density at radius 2 is 1.23 bits per heavy atom. The fraction of sp³-hybridized carbons (Fsp3) is 0.400. The van der Waals surface area contributed by atoms with Crippen molar-refractivity contribution in [1.82, 2.24) is 9.80 Å². The molecule has 0 unspecified atom stereocenters. The largest absolute Gasteiger partial charge is 0.328 e. The summed E-state index contributed by atoms with van der Waals surface area (Å²) in [5, 5.41) is 0. The molecule has 31 heavy (non-hydrogen) atoms. The van der Waals surface area contributed by atoms with E-state index in [0.29, 0.717) is 5.69 Å². The van der Waals surface area contributed by atoms with Gasteiger partial charge in [0, 0.05) is 7.05 Å². The van der Waals surface area contributed by atoms with E-state index in [-0.39, 0.29) is 35.3 Å². The third kappa shape index (κ3) is 2.71. The van der Waals surface area contributed by atoms with E-state index in [9.17, 15) is 14.4 Å². The van der Waals surface area contributed by atoms with Gasteiger partial charge in [-0.2, -0.15) is 0 Å². The third-order valence-electron chi connectivity index (χ3n) is 6.90. The number of fused-ring (bicyclic) bond motifs is 3. The monoisotopic (exact) mass is 417 g/mol. The summed E-state index contributed by atoms with van der Waals surface area (Å²) in [6.07, 6.45) is -0.202. The van der Waals surface area contributed by atoms with Crippen molar-refractivity contribution >= 4 is 23.4 Å². The standard InChI is InChI=1S/C25H27N3O3/c1-25(2,3)24-26(4)23(31)20-18-17(19(28(20)24)15-11-7-5-8-12-15)21(29)27(22(18)30)16-13-9-6-10-14-16/h5-14,17-20,24H,1-4H3/t17-,18+,19+,20-,24-/m1/s1. The highest BCUT2D eigenvalue weighted by Crippen LogP contribution is 2.56. The van der Waals surface area contributed by atoms with E-state index in [1.807, 2.05) is 55.6 Å². The summed E-state index contributed by atoms with van der Waals surface area (Å²) in [5.41, 5.74) is 1.29. The van der Waals surface area contributed by atoms with Gasteiger partial charge in [-0.25, -0.2) is 4.90 Å². The molecule has 3 saturated heterocycles. The van der Waals surface area contributed by atoms with Crippen LogP contribution in [-0.4, -0.2) is 46.8 Å². The summed E-state index contributed by atoms with van der Waals surface area (Å²) >= 11 is 0. The molecular formula is C25H27N3O3. The smallest absolute Gasteiger partial charge is 0.241 e. The maximum atomic E-state index is 13.7. The number of likely N-dealkylation sites (N-methyl/N-ethyl adjacent to an activating group) is 1. The van der Waals surface area contributed by atoms with Gasteiger partial charge in [0.05, 0.1) is 29.7 Å². The number of benzene rings is 2. The first-order valence-corrected chi connectivity index (χ1v) is 10.8. The minimum absolute atomic E-state index is 0.0792. The highest BCUT2D eigenvalue weighted by Gasteiger charge is 2.70. The number of rotatable bonds is 2. The van der Waals surface area contributed by atoms with Crippen molar-refractivity contribution in [2.75, 3.05) is 11.9 Å². The lowest BCUT2D eigenvalue weighted by Crippen LogP contribution is -2.49. The summed E-state index contributed by atoms with van der Waals surface area (Å²) in [5.74, 6) is -1.83. The SMILES string of the molecule is CN1C(=O)[C@H]2[C@H]3C(=O)N(c4ccccc4)C(=O)[C@H]3[C@H](c3ccccc3)N2[C@@H]1C(C)(C)C. The molecule has 0 radical (unpaired) electrons. The van der Waals surface area contributed by atoms with Gasteiger partial charge in [0.2, 0.25) is 17.7 Å². The lowest BCUT2D eigenvalue weighted by Gasteiger charge is -2.41. The molecule has 0 aromatic heterocycles. The van der Waals surface area contributed by atoms with Crippen molar-refractivity contribution in [2.24, 2.45) is 17.3 Å². The average molecular weight is 418 g/mol. The summed E-state index contributed by atoms with van der Waals surface area (Å²) in [7, 11) is 1.81. The van der Waals surface area contributed by atoms with Crippen molar-refractivity contribution in [3.8, 4) is 0 Å². The topological polar surface area (TPSA) is 60.9 Å².